The number of hydrogen-bond donors (Lipinski definition) is 2. The maximum absolute atomic E-state index is 11.8. The summed E-state index contributed by atoms with van der Waals surface area (Å²) < 4.78 is 5.78. The Balaban J connectivity index is 1.84. The van der Waals surface area contributed by atoms with Crippen LogP contribution < -0.4 is 15.8 Å². The van der Waals surface area contributed by atoms with Gasteiger partial charge in [0.25, 0.3) is 0 Å². The van der Waals surface area contributed by atoms with E-state index in [0.717, 1.165) is 29.8 Å². The fourth-order valence-corrected chi connectivity index (χ4v) is 2.88. The summed E-state index contributed by atoms with van der Waals surface area (Å²) in [5.74, 6) is 0.853. The van der Waals surface area contributed by atoms with Crippen LogP contribution in [0.3, 0.4) is 0 Å². The van der Waals surface area contributed by atoms with E-state index in [1.54, 1.807) is 0 Å². The van der Waals surface area contributed by atoms with Gasteiger partial charge in [0.2, 0.25) is 5.91 Å². The predicted molar refractivity (Wildman–Crippen MR) is 91.6 cm³/mol. The normalized spacial score (nSPS) is 14.8. The van der Waals surface area contributed by atoms with Crippen LogP contribution in [0.25, 0.3) is 0 Å². The molecule has 4 nitrogen and oxygen atoms in total. The number of anilines is 1. The smallest absolute Gasteiger partial charge is 0.224 e. The first-order chi connectivity index (χ1) is 11.2. The van der Waals surface area contributed by atoms with E-state index in [2.05, 4.69) is 24.4 Å². The third-order valence-corrected chi connectivity index (χ3v) is 4.18. The fourth-order valence-electron chi connectivity index (χ4n) is 2.88. The summed E-state index contributed by atoms with van der Waals surface area (Å²) in [6.07, 6.45) is 2.25. The van der Waals surface area contributed by atoms with E-state index in [0.29, 0.717) is 13.0 Å². The molecular formula is C19H22N2O2. The van der Waals surface area contributed by atoms with Gasteiger partial charge >= 0.3 is 0 Å². The molecule has 0 saturated heterocycles. The number of nitrogens with two attached hydrogens (primary N) is 1. The van der Waals surface area contributed by atoms with Crippen molar-refractivity contribution >= 4 is 11.6 Å². The number of amides is 1. The zero-order valence-electron chi connectivity index (χ0n) is 13.3. The Morgan fingerprint density at radius 1 is 1.22 bits per heavy atom. The molecule has 0 saturated carbocycles. The third kappa shape index (κ3) is 3.54. The first-order valence-corrected chi connectivity index (χ1v) is 8.06. The third-order valence-electron chi connectivity index (χ3n) is 4.18. The first kappa shape index (κ1) is 15.6. The van der Waals surface area contributed by atoms with E-state index in [1.807, 2.05) is 30.3 Å². The molecule has 3 N–H and O–H groups in total. The molecule has 0 spiro atoms. The van der Waals surface area contributed by atoms with Gasteiger partial charge in [-0.1, -0.05) is 37.3 Å². The van der Waals surface area contributed by atoms with E-state index in [9.17, 15) is 4.79 Å². The topological polar surface area (TPSA) is 64.3 Å². The lowest BCUT2D eigenvalue weighted by Gasteiger charge is -2.24. The summed E-state index contributed by atoms with van der Waals surface area (Å²) in [5.41, 5.74) is 10.6. The van der Waals surface area contributed by atoms with Crippen molar-refractivity contribution in [1.82, 2.24) is 0 Å². The summed E-state index contributed by atoms with van der Waals surface area (Å²) in [7, 11) is 0. The molecule has 3 rings (SSSR count). The van der Waals surface area contributed by atoms with Gasteiger partial charge in [-0.15, -0.1) is 0 Å². The van der Waals surface area contributed by atoms with Gasteiger partial charge in [0, 0.05) is 12.1 Å². The van der Waals surface area contributed by atoms with Crippen LogP contribution in [0, 0.1) is 0 Å². The van der Waals surface area contributed by atoms with Crippen LogP contribution in [0.15, 0.2) is 42.5 Å². The minimum absolute atomic E-state index is 0.0548. The van der Waals surface area contributed by atoms with Crippen LogP contribution in [0.4, 0.5) is 5.69 Å². The lowest BCUT2D eigenvalue weighted by molar-refractivity contribution is -0.116. The molecule has 4 heteroatoms. The van der Waals surface area contributed by atoms with Crippen molar-refractivity contribution in [2.45, 2.75) is 32.2 Å². The number of carbonyl (C=O) groups is 1. The average molecular weight is 310 g/mol. The molecule has 2 aromatic carbocycles. The molecule has 2 aromatic rings. The number of fused-ring (bicyclic) bond motifs is 1. The zero-order valence-corrected chi connectivity index (χ0v) is 13.3. The maximum Gasteiger partial charge on any atom is 0.224 e. The quantitative estimate of drug-likeness (QED) is 0.891. The molecule has 120 valence electrons. The van der Waals surface area contributed by atoms with E-state index in [4.69, 9.17) is 10.5 Å². The largest absolute Gasteiger partial charge is 0.492 e. The minimum Gasteiger partial charge on any atom is -0.492 e. The lowest BCUT2D eigenvalue weighted by atomic mass is 9.92. The molecule has 0 fully saturated rings. The minimum atomic E-state index is -0.283. The Labute approximate surface area is 136 Å². The average Bonchev–Trinajstić information content (AvgIpc) is 2.59. The van der Waals surface area contributed by atoms with Crippen LogP contribution in [-0.2, 0) is 17.6 Å². The summed E-state index contributed by atoms with van der Waals surface area (Å²) >= 11 is 0. The summed E-state index contributed by atoms with van der Waals surface area (Å²) in [5, 5.41) is 2.98. The molecule has 1 amide bonds. The van der Waals surface area contributed by atoms with Crippen molar-refractivity contribution in [3.63, 3.8) is 0 Å². The number of para-hydroxylation sites is 1. The standard InChI is InChI=1S/C19H22N2O2/c1-2-13-10-14-8-9-18(22)21-19(14)16(11-13)17(20)12-23-15-6-4-3-5-7-15/h3-7,10-11,17H,2,8-9,12,20H2,1H3,(H,21,22). The number of rotatable bonds is 5. The number of ether oxygens (including phenoxy) is 1. The van der Waals surface area contributed by atoms with Gasteiger partial charge in [-0.05, 0) is 41.7 Å². The Kier molecular flexibility index (Phi) is 4.63. The van der Waals surface area contributed by atoms with Gasteiger partial charge in [-0.3, -0.25) is 4.79 Å². The van der Waals surface area contributed by atoms with E-state index < -0.39 is 0 Å². The summed E-state index contributed by atoms with van der Waals surface area (Å²) in [6, 6.07) is 13.6. The SMILES string of the molecule is CCc1cc2c(c(C(N)COc3ccccc3)c1)NC(=O)CC2. The Morgan fingerprint density at radius 3 is 2.74 bits per heavy atom. The molecular weight excluding hydrogens is 288 g/mol. The molecule has 1 aliphatic rings. The lowest BCUT2D eigenvalue weighted by Crippen LogP contribution is -2.26. The fraction of sp³-hybridized carbons (Fsp3) is 0.316. The molecule has 1 atom stereocenters. The highest BCUT2D eigenvalue weighted by atomic mass is 16.5. The highest BCUT2D eigenvalue weighted by molar-refractivity contribution is 5.95. The second-order valence-electron chi connectivity index (χ2n) is 5.85. The van der Waals surface area contributed by atoms with Crippen molar-refractivity contribution in [3.05, 3.63) is 59.2 Å². The van der Waals surface area contributed by atoms with Crippen molar-refractivity contribution < 1.29 is 9.53 Å². The van der Waals surface area contributed by atoms with Gasteiger partial charge in [-0.25, -0.2) is 0 Å². The van der Waals surface area contributed by atoms with E-state index in [1.165, 1.54) is 11.1 Å². The molecule has 0 aromatic heterocycles. The van der Waals surface area contributed by atoms with Gasteiger partial charge in [0.05, 0.1) is 6.04 Å². The van der Waals surface area contributed by atoms with E-state index in [-0.39, 0.29) is 11.9 Å². The highest BCUT2D eigenvalue weighted by Crippen LogP contribution is 2.32. The molecule has 1 unspecified atom stereocenters. The molecule has 0 aliphatic carbocycles. The van der Waals surface area contributed by atoms with Crippen LogP contribution in [-0.4, -0.2) is 12.5 Å². The zero-order chi connectivity index (χ0) is 16.2. The molecule has 1 heterocycles. The van der Waals surface area contributed by atoms with Crippen LogP contribution in [0.1, 0.15) is 36.1 Å². The van der Waals surface area contributed by atoms with Gasteiger partial charge in [-0.2, -0.15) is 0 Å². The van der Waals surface area contributed by atoms with Crippen molar-refractivity contribution in [3.8, 4) is 5.75 Å². The molecule has 1 aliphatic heterocycles. The number of carbonyl (C=O) groups excluding carboxylic acids is 1. The second kappa shape index (κ2) is 6.84. The Morgan fingerprint density at radius 2 is 2.00 bits per heavy atom. The van der Waals surface area contributed by atoms with Crippen LogP contribution in [0.5, 0.6) is 5.75 Å². The van der Waals surface area contributed by atoms with Crippen molar-refractivity contribution in [2.75, 3.05) is 11.9 Å². The van der Waals surface area contributed by atoms with Gasteiger partial charge in [0.15, 0.2) is 0 Å². The number of benzene rings is 2. The Bertz CT molecular complexity index is 698. The van der Waals surface area contributed by atoms with Crippen molar-refractivity contribution in [2.24, 2.45) is 5.73 Å². The maximum atomic E-state index is 11.8. The van der Waals surface area contributed by atoms with E-state index >= 15 is 0 Å². The monoisotopic (exact) mass is 310 g/mol. The van der Waals surface area contributed by atoms with Gasteiger partial charge in [0.1, 0.15) is 12.4 Å². The molecule has 0 bridgehead atoms. The summed E-state index contributed by atoms with van der Waals surface area (Å²) in [4.78, 5) is 11.8. The number of hydrogen-bond acceptors (Lipinski definition) is 3. The predicted octanol–water partition coefficient (Wildman–Crippen LogP) is 3.21. The van der Waals surface area contributed by atoms with Crippen LogP contribution in [0.2, 0.25) is 0 Å². The molecule has 0 radical (unpaired) electrons. The summed E-state index contributed by atoms with van der Waals surface area (Å²) in [6.45, 7) is 2.50. The second-order valence-corrected chi connectivity index (χ2v) is 5.85. The number of nitrogens with one attached hydrogen (secondary N) is 1. The first-order valence-electron chi connectivity index (χ1n) is 8.06. The Hall–Kier alpha value is -2.33. The van der Waals surface area contributed by atoms with Crippen LogP contribution >= 0.6 is 0 Å². The van der Waals surface area contributed by atoms with Crippen molar-refractivity contribution in [1.29, 1.82) is 0 Å². The highest BCUT2D eigenvalue weighted by Gasteiger charge is 2.22. The van der Waals surface area contributed by atoms with Gasteiger partial charge < -0.3 is 15.8 Å². The molecule has 23 heavy (non-hydrogen) atoms. The number of aryl methyl sites for hydroxylation is 2.